The van der Waals surface area contributed by atoms with Gasteiger partial charge in [-0.25, -0.2) is 0 Å². The van der Waals surface area contributed by atoms with Crippen molar-refractivity contribution in [3.8, 4) is 0 Å². The first-order chi connectivity index (χ1) is 8.81. The predicted octanol–water partition coefficient (Wildman–Crippen LogP) is 2.90. The molecule has 1 aliphatic heterocycles. The van der Waals surface area contributed by atoms with Gasteiger partial charge in [0.05, 0.1) is 0 Å². The van der Waals surface area contributed by atoms with Crippen LogP contribution >= 0.6 is 0 Å². The summed E-state index contributed by atoms with van der Waals surface area (Å²) in [5.41, 5.74) is 1.43. The van der Waals surface area contributed by atoms with Crippen LogP contribution in [0.15, 0.2) is 30.3 Å². The van der Waals surface area contributed by atoms with Crippen molar-refractivity contribution in [2.45, 2.75) is 39.3 Å². The molecule has 2 nitrogen and oxygen atoms in total. The SMILES string of the molecule is CCNC1CC(CC)CN(Cc2ccccc2)C1. The molecule has 2 rings (SSSR count). The topological polar surface area (TPSA) is 15.3 Å². The summed E-state index contributed by atoms with van der Waals surface area (Å²) in [7, 11) is 0. The molecule has 2 unspecified atom stereocenters. The number of nitrogens with one attached hydrogen (secondary N) is 1. The summed E-state index contributed by atoms with van der Waals surface area (Å²) < 4.78 is 0. The fourth-order valence-electron chi connectivity index (χ4n) is 3.01. The molecule has 2 atom stereocenters. The Hall–Kier alpha value is -0.860. The minimum Gasteiger partial charge on any atom is -0.313 e. The largest absolute Gasteiger partial charge is 0.313 e. The van der Waals surface area contributed by atoms with Gasteiger partial charge in [-0.15, -0.1) is 0 Å². The Morgan fingerprint density at radius 2 is 1.94 bits per heavy atom. The maximum Gasteiger partial charge on any atom is 0.0234 e. The number of hydrogen-bond donors (Lipinski definition) is 1. The van der Waals surface area contributed by atoms with E-state index in [4.69, 9.17) is 0 Å². The molecule has 1 fully saturated rings. The molecule has 1 aliphatic rings. The van der Waals surface area contributed by atoms with E-state index < -0.39 is 0 Å². The van der Waals surface area contributed by atoms with Crippen molar-refractivity contribution < 1.29 is 0 Å². The van der Waals surface area contributed by atoms with E-state index in [-0.39, 0.29) is 0 Å². The van der Waals surface area contributed by atoms with Gasteiger partial charge in [0.2, 0.25) is 0 Å². The van der Waals surface area contributed by atoms with Crippen LogP contribution in [0.25, 0.3) is 0 Å². The van der Waals surface area contributed by atoms with Crippen molar-refractivity contribution in [3.63, 3.8) is 0 Å². The molecule has 0 radical (unpaired) electrons. The molecule has 0 aromatic heterocycles. The fourth-order valence-corrected chi connectivity index (χ4v) is 3.01. The summed E-state index contributed by atoms with van der Waals surface area (Å²) in [4.78, 5) is 2.61. The van der Waals surface area contributed by atoms with Crippen LogP contribution in [0.2, 0.25) is 0 Å². The fraction of sp³-hybridized carbons (Fsp3) is 0.625. The Kier molecular flexibility index (Phi) is 5.21. The van der Waals surface area contributed by atoms with Gasteiger partial charge in [0, 0.05) is 25.7 Å². The first-order valence-corrected chi connectivity index (χ1v) is 7.31. The number of hydrogen-bond acceptors (Lipinski definition) is 2. The van der Waals surface area contributed by atoms with Gasteiger partial charge in [0.15, 0.2) is 0 Å². The van der Waals surface area contributed by atoms with Crippen molar-refractivity contribution in [2.24, 2.45) is 5.92 Å². The predicted molar refractivity (Wildman–Crippen MR) is 77.6 cm³/mol. The third-order valence-corrected chi connectivity index (χ3v) is 3.93. The number of benzene rings is 1. The van der Waals surface area contributed by atoms with E-state index in [2.05, 4.69) is 54.4 Å². The van der Waals surface area contributed by atoms with E-state index in [1.807, 2.05) is 0 Å². The highest BCUT2D eigenvalue weighted by Gasteiger charge is 2.25. The third kappa shape index (κ3) is 3.82. The monoisotopic (exact) mass is 246 g/mol. The molecular weight excluding hydrogens is 220 g/mol. The highest BCUT2D eigenvalue weighted by molar-refractivity contribution is 5.14. The van der Waals surface area contributed by atoms with Crippen LogP contribution < -0.4 is 5.32 Å². The van der Waals surface area contributed by atoms with Crippen molar-refractivity contribution >= 4 is 0 Å². The zero-order valence-electron chi connectivity index (χ0n) is 11.7. The van der Waals surface area contributed by atoms with Crippen LogP contribution in [0.3, 0.4) is 0 Å². The maximum atomic E-state index is 3.62. The van der Waals surface area contributed by atoms with Crippen LogP contribution in [0.4, 0.5) is 0 Å². The number of likely N-dealkylation sites (tertiary alicyclic amines) is 1. The minimum atomic E-state index is 0.678. The first-order valence-electron chi connectivity index (χ1n) is 7.31. The quantitative estimate of drug-likeness (QED) is 0.859. The Morgan fingerprint density at radius 1 is 1.17 bits per heavy atom. The summed E-state index contributed by atoms with van der Waals surface area (Å²) in [6.45, 7) is 9.16. The lowest BCUT2D eigenvalue weighted by Gasteiger charge is -2.38. The summed E-state index contributed by atoms with van der Waals surface area (Å²) in [6, 6.07) is 11.5. The molecule has 18 heavy (non-hydrogen) atoms. The Morgan fingerprint density at radius 3 is 2.61 bits per heavy atom. The van der Waals surface area contributed by atoms with Crippen molar-refractivity contribution in [3.05, 3.63) is 35.9 Å². The van der Waals surface area contributed by atoms with Crippen LogP contribution in [0.5, 0.6) is 0 Å². The van der Waals surface area contributed by atoms with Crippen LogP contribution in [-0.2, 0) is 6.54 Å². The van der Waals surface area contributed by atoms with E-state index >= 15 is 0 Å². The molecule has 0 aliphatic carbocycles. The lowest BCUT2D eigenvalue weighted by Crippen LogP contribution is -2.48. The first kappa shape index (κ1) is 13.6. The van der Waals surface area contributed by atoms with Crippen LogP contribution in [-0.4, -0.2) is 30.6 Å². The summed E-state index contributed by atoms with van der Waals surface area (Å²) in [6.07, 6.45) is 2.64. The summed E-state index contributed by atoms with van der Waals surface area (Å²) in [5, 5.41) is 3.62. The van der Waals surface area contributed by atoms with E-state index in [0.29, 0.717) is 6.04 Å². The Balaban J connectivity index is 1.94. The highest BCUT2D eigenvalue weighted by atomic mass is 15.2. The smallest absolute Gasteiger partial charge is 0.0234 e. The lowest BCUT2D eigenvalue weighted by molar-refractivity contribution is 0.133. The Labute approximate surface area is 111 Å². The number of nitrogens with zero attached hydrogens (tertiary/aromatic N) is 1. The standard InChI is InChI=1S/C16H26N2/c1-3-14-10-16(17-4-2)13-18(11-14)12-15-8-6-5-7-9-15/h5-9,14,16-17H,3-4,10-13H2,1-2H3. The van der Waals surface area contributed by atoms with Crippen molar-refractivity contribution in [1.82, 2.24) is 10.2 Å². The average molecular weight is 246 g/mol. The molecule has 1 aromatic rings. The normalized spacial score (nSPS) is 25.2. The van der Waals surface area contributed by atoms with Crippen LogP contribution in [0.1, 0.15) is 32.3 Å². The van der Waals surface area contributed by atoms with E-state index in [0.717, 1.165) is 19.0 Å². The third-order valence-electron chi connectivity index (χ3n) is 3.93. The summed E-state index contributed by atoms with van der Waals surface area (Å²) in [5.74, 6) is 0.853. The van der Waals surface area contributed by atoms with Gasteiger partial charge in [-0.1, -0.05) is 50.6 Å². The summed E-state index contributed by atoms with van der Waals surface area (Å²) >= 11 is 0. The zero-order chi connectivity index (χ0) is 12.8. The van der Waals surface area contributed by atoms with E-state index in [1.165, 1.54) is 31.5 Å². The van der Waals surface area contributed by atoms with Gasteiger partial charge in [-0.05, 0) is 24.4 Å². The molecule has 0 amide bonds. The van der Waals surface area contributed by atoms with Crippen molar-refractivity contribution in [1.29, 1.82) is 0 Å². The minimum absolute atomic E-state index is 0.678. The van der Waals surface area contributed by atoms with Gasteiger partial charge in [0.25, 0.3) is 0 Å². The average Bonchev–Trinajstić information content (AvgIpc) is 2.40. The molecule has 1 heterocycles. The van der Waals surface area contributed by atoms with Crippen LogP contribution in [0, 0.1) is 5.92 Å². The molecule has 1 aromatic carbocycles. The molecular formula is C16H26N2. The molecule has 0 bridgehead atoms. The Bertz CT molecular complexity index is 336. The molecule has 0 spiro atoms. The number of likely N-dealkylation sites (N-methyl/N-ethyl adjacent to an activating group) is 1. The highest BCUT2D eigenvalue weighted by Crippen LogP contribution is 2.21. The lowest BCUT2D eigenvalue weighted by atomic mass is 9.92. The second-order valence-corrected chi connectivity index (χ2v) is 5.44. The molecule has 2 heteroatoms. The maximum absolute atomic E-state index is 3.62. The van der Waals surface area contributed by atoms with Gasteiger partial charge >= 0.3 is 0 Å². The van der Waals surface area contributed by atoms with E-state index in [9.17, 15) is 0 Å². The van der Waals surface area contributed by atoms with Gasteiger partial charge < -0.3 is 5.32 Å². The molecule has 100 valence electrons. The zero-order valence-corrected chi connectivity index (χ0v) is 11.7. The van der Waals surface area contributed by atoms with Gasteiger partial charge in [0.1, 0.15) is 0 Å². The van der Waals surface area contributed by atoms with Crippen molar-refractivity contribution in [2.75, 3.05) is 19.6 Å². The number of piperidine rings is 1. The molecule has 1 saturated heterocycles. The molecule has 1 N–H and O–H groups in total. The second-order valence-electron chi connectivity index (χ2n) is 5.44. The number of rotatable bonds is 5. The molecule has 0 saturated carbocycles. The van der Waals surface area contributed by atoms with E-state index in [1.54, 1.807) is 0 Å². The van der Waals surface area contributed by atoms with Gasteiger partial charge in [-0.3, -0.25) is 4.90 Å². The second kappa shape index (κ2) is 6.91. The van der Waals surface area contributed by atoms with Gasteiger partial charge in [-0.2, -0.15) is 0 Å².